The number of benzene rings is 1. The highest BCUT2D eigenvalue weighted by Gasteiger charge is 2.10. The molecule has 2 heterocycles. The Morgan fingerprint density at radius 1 is 1.12 bits per heavy atom. The molecule has 0 aliphatic heterocycles. The number of amides is 1. The predicted octanol–water partition coefficient (Wildman–Crippen LogP) is 2.91. The second-order valence-electron chi connectivity index (χ2n) is 5.29. The van der Waals surface area contributed by atoms with Crippen molar-refractivity contribution in [2.45, 2.75) is 6.54 Å². The lowest BCUT2D eigenvalue weighted by molar-refractivity contribution is -0.137. The number of anilines is 1. The quantitative estimate of drug-likeness (QED) is 0.737. The summed E-state index contributed by atoms with van der Waals surface area (Å²) in [6.07, 6.45) is 1.32. The van der Waals surface area contributed by atoms with Crippen LogP contribution in [0, 0.1) is 0 Å². The third-order valence-corrected chi connectivity index (χ3v) is 4.40. The zero-order valence-electron chi connectivity index (χ0n) is 13.0. The van der Waals surface area contributed by atoms with Crippen LogP contribution in [0.1, 0.15) is 10.4 Å². The van der Waals surface area contributed by atoms with E-state index >= 15 is 0 Å². The van der Waals surface area contributed by atoms with Crippen LogP contribution in [0.5, 0.6) is 0 Å². The van der Waals surface area contributed by atoms with Crippen LogP contribution in [0.3, 0.4) is 0 Å². The fourth-order valence-electron chi connectivity index (χ4n) is 2.33. The van der Waals surface area contributed by atoms with Crippen molar-refractivity contribution in [3.63, 3.8) is 0 Å². The summed E-state index contributed by atoms with van der Waals surface area (Å²) >= 11 is 1.58. The topological polar surface area (TPSA) is 88.4 Å². The van der Waals surface area contributed by atoms with Gasteiger partial charge in [-0.25, -0.2) is 0 Å². The Hall–Kier alpha value is -3.19. The molecule has 0 spiro atoms. The molecule has 6 nitrogen and oxygen atoms in total. The molecule has 126 valence electrons. The molecule has 0 aliphatic carbocycles. The first-order valence-electron chi connectivity index (χ1n) is 7.40. The summed E-state index contributed by atoms with van der Waals surface area (Å²) in [5, 5.41) is 13.5. The molecule has 3 aromatic rings. The number of aromatic nitrogens is 1. The van der Waals surface area contributed by atoms with Gasteiger partial charge in [0.2, 0.25) is 0 Å². The predicted molar refractivity (Wildman–Crippen MR) is 96.0 cm³/mol. The number of carbonyl (C=O) groups is 2. The molecule has 2 aromatic heterocycles. The van der Waals surface area contributed by atoms with Crippen molar-refractivity contribution >= 4 is 28.9 Å². The van der Waals surface area contributed by atoms with Gasteiger partial charge in [0, 0.05) is 22.7 Å². The number of nitrogens with one attached hydrogen (secondary N) is 1. The third-order valence-electron chi connectivity index (χ3n) is 3.48. The van der Waals surface area contributed by atoms with Crippen molar-refractivity contribution in [1.82, 2.24) is 4.57 Å². The Kier molecular flexibility index (Phi) is 4.76. The van der Waals surface area contributed by atoms with Crippen LogP contribution in [0.25, 0.3) is 10.4 Å². The summed E-state index contributed by atoms with van der Waals surface area (Å²) < 4.78 is 1.03. The van der Waals surface area contributed by atoms with Gasteiger partial charge in [-0.15, -0.1) is 11.3 Å². The minimum absolute atomic E-state index is 0.334. The van der Waals surface area contributed by atoms with E-state index in [4.69, 9.17) is 5.11 Å². The van der Waals surface area contributed by atoms with Crippen LogP contribution in [0.4, 0.5) is 5.69 Å². The third kappa shape index (κ3) is 4.02. The van der Waals surface area contributed by atoms with Crippen LogP contribution < -0.4 is 10.9 Å². The van der Waals surface area contributed by atoms with E-state index in [0.29, 0.717) is 11.3 Å². The number of carbonyl (C=O) groups excluding carboxylic acids is 1. The van der Waals surface area contributed by atoms with E-state index in [-0.39, 0.29) is 5.91 Å². The standard InChI is InChI=1S/C18H14N2O4S/c21-16-7-6-14(10-20(16)11-17(22)23)19-18(24)13-4-1-3-12(9-13)15-5-2-8-25-15/h1-10H,11H2,(H,19,24)(H,22,23). The van der Waals surface area contributed by atoms with E-state index in [1.807, 2.05) is 23.6 Å². The summed E-state index contributed by atoms with van der Waals surface area (Å²) in [6, 6.07) is 13.8. The monoisotopic (exact) mass is 354 g/mol. The molecule has 7 heteroatoms. The fraction of sp³-hybridized carbons (Fsp3) is 0.0556. The van der Waals surface area contributed by atoms with Gasteiger partial charge in [0.25, 0.3) is 11.5 Å². The van der Waals surface area contributed by atoms with Crippen molar-refractivity contribution in [2.75, 3.05) is 5.32 Å². The maximum atomic E-state index is 12.4. The molecule has 1 aromatic carbocycles. The van der Waals surface area contributed by atoms with Crippen LogP contribution in [-0.4, -0.2) is 21.6 Å². The number of thiophene rings is 1. The van der Waals surface area contributed by atoms with Crippen molar-refractivity contribution < 1.29 is 14.7 Å². The van der Waals surface area contributed by atoms with E-state index in [2.05, 4.69) is 5.32 Å². The molecule has 1 amide bonds. The smallest absolute Gasteiger partial charge is 0.323 e. The van der Waals surface area contributed by atoms with Gasteiger partial charge in [-0.1, -0.05) is 18.2 Å². The second kappa shape index (κ2) is 7.14. The largest absolute Gasteiger partial charge is 0.480 e. The Morgan fingerprint density at radius 3 is 2.68 bits per heavy atom. The van der Waals surface area contributed by atoms with Gasteiger partial charge in [0.05, 0.1) is 5.69 Å². The van der Waals surface area contributed by atoms with Crippen molar-refractivity contribution in [2.24, 2.45) is 0 Å². The summed E-state index contributed by atoms with van der Waals surface area (Å²) in [5.74, 6) is -1.46. The van der Waals surface area contributed by atoms with Crippen LogP contribution >= 0.6 is 11.3 Å². The molecule has 0 saturated carbocycles. The van der Waals surface area contributed by atoms with Gasteiger partial charge in [-0.3, -0.25) is 14.4 Å². The van der Waals surface area contributed by atoms with E-state index < -0.39 is 18.1 Å². The van der Waals surface area contributed by atoms with Crippen LogP contribution in [0.2, 0.25) is 0 Å². The van der Waals surface area contributed by atoms with E-state index in [1.54, 1.807) is 29.5 Å². The summed E-state index contributed by atoms with van der Waals surface area (Å²) in [7, 11) is 0. The number of hydrogen-bond donors (Lipinski definition) is 2. The highest BCUT2D eigenvalue weighted by atomic mass is 32.1. The van der Waals surface area contributed by atoms with Gasteiger partial charge >= 0.3 is 5.97 Å². The fourth-order valence-corrected chi connectivity index (χ4v) is 3.06. The zero-order chi connectivity index (χ0) is 17.8. The van der Waals surface area contributed by atoms with Gasteiger partial charge in [0.15, 0.2) is 0 Å². The molecule has 0 aliphatic rings. The molecule has 3 rings (SSSR count). The van der Waals surface area contributed by atoms with E-state index in [9.17, 15) is 14.4 Å². The Balaban J connectivity index is 1.82. The lowest BCUT2D eigenvalue weighted by Crippen LogP contribution is -2.24. The highest BCUT2D eigenvalue weighted by molar-refractivity contribution is 7.13. The number of nitrogens with zero attached hydrogens (tertiary/aromatic N) is 1. The molecule has 2 N–H and O–H groups in total. The first-order chi connectivity index (χ1) is 12.0. The SMILES string of the molecule is O=C(O)Cn1cc(NC(=O)c2cccc(-c3cccs3)c2)ccc1=O. The van der Waals surface area contributed by atoms with Gasteiger partial charge in [0.1, 0.15) is 6.54 Å². The lowest BCUT2D eigenvalue weighted by atomic mass is 10.1. The van der Waals surface area contributed by atoms with Crippen molar-refractivity contribution in [1.29, 1.82) is 0 Å². The van der Waals surface area contributed by atoms with Gasteiger partial charge in [-0.05, 0) is 35.2 Å². The molecule has 0 atom stereocenters. The first kappa shape index (κ1) is 16.7. The minimum Gasteiger partial charge on any atom is -0.480 e. The average molecular weight is 354 g/mol. The molecule has 0 saturated heterocycles. The summed E-state index contributed by atoms with van der Waals surface area (Å²) in [6.45, 7) is -0.462. The summed E-state index contributed by atoms with van der Waals surface area (Å²) in [5.41, 5.74) is 1.33. The van der Waals surface area contributed by atoms with Gasteiger partial charge in [-0.2, -0.15) is 0 Å². The lowest BCUT2D eigenvalue weighted by Gasteiger charge is -2.09. The van der Waals surface area contributed by atoms with Gasteiger partial charge < -0.3 is 15.0 Å². The number of aliphatic carboxylic acids is 1. The average Bonchev–Trinajstić information content (AvgIpc) is 3.12. The van der Waals surface area contributed by atoms with Crippen LogP contribution in [0.15, 0.2) is 64.9 Å². The zero-order valence-corrected chi connectivity index (χ0v) is 13.8. The molecular weight excluding hydrogens is 340 g/mol. The number of hydrogen-bond acceptors (Lipinski definition) is 4. The molecule has 25 heavy (non-hydrogen) atoms. The highest BCUT2D eigenvalue weighted by Crippen LogP contribution is 2.25. The summed E-state index contributed by atoms with van der Waals surface area (Å²) in [4.78, 5) is 35.9. The Morgan fingerprint density at radius 2 is 1.96 bits per heavy atom. The number of carboxylic acid groups (broad SMARTS) is 1. The van der Waals surface area contributed by atoms with Crippen molar-refractivity contribution in [3.05, 3.63) is 76.0 Å². The molecular formula is C18H14N2O4S. The number of pyridine rings is 1. The normalized spacial score (nSPS) is 10.4. The van der Waals surface area contributed by atoms with E-state index in [0.717, 1.165) is 15.0 Å². The Bertz CT molecular complexity index is 977. The Labute approximate surface area is 147 Å². The minimum atomic E-state index is -1.13. The van der Waals surface area contributed by atoms with Crippen molar-refractivity contribution in [3.8, 4) is 10.4 Å². The van der Waals surface area contributed by atoms with E-state index in [1.165, 1.54) is 18.3 Å². The second-order valence-corrected chi connectivity index (χ2v) is 6.24. The number of carboxylic acids is 1. The molecule has 0 unspecified atom stereocenters. The molecule has 0 radical (unpaired) electrons. The van der Waals surface area contributed by atoms with Crippen LogP contribution in [-0.2, 0) is 11.3 Å². The maximum absolute atomic E-state index is 12.4. The molecule has 0 bridgehead atoms. The maximum Gasteiger partial charge on any atom is 0.323 e. The number of rotatable bonds is 5. The first-order valence-corrected chi connectivity index (χ1v) is 8.28. The molecule has 0 fully saturated rings.